The summed E-state index contributed by atoms with van der Waals surface area (Å²) in [7, 11) is 1.69. The fourth-order valence-corrected chi connectivity index (χ4v) is 6.07. The number of methoxy groups -OCH3 is 1. The number of benzene rings is 1. The molecule has 2 unspecified atom stereocenters. The van der Waals surface area contributed by atoms with Crippen LogP contribution in [-0.4, -0.2) is 71.0 Å². The average Bonchev–Trinajstić information content (AvgIpc) is 3.39. The molecule has 2 fully saturated rings. The standard InChI is InChI=1S/C28H34ClN5O2S/c1-19-17-22(20(2)34(19)24-18-21(29)8-9-25(24)35-3)27-26(23-7-4-5-10-30-23)31-28(37)33(27)12-6-11-32-13-15-36-16-14-32/h4-5,7-10,17-18,26-27H,6,11-16H2,1-3H3,(H,31,37). The third kappa shape index (κ3) is 5.34. The minimum atomic E-state index is -0.0488. The van der Waals surface area contributed by atoms with E-state index in [2.05, 4.69) is 45.7 Å². The van der Waals surface area contributed by atoms with Crippen LogP contribution in [0.5, 0.6) is 5.75 Å². The topological polar surface area (TPSA) is 54.8 Å². The maximum Gasteiger partial charge on any atom is 0.170 e. The molecule has 0 bridgehead atoms. The molecule has 0 amide bonds. The lowest BCUT2D eigenvalue weighted by Gasteiger charge is -2.30. The molecule has 7 nitrogen and oxygen atoms in total. The maximum atomic E-state index is 6.40. The van der Waals surface area contributed by atoms with Gasteiger partial charge in [0.1, 0.15) is 5.75 Å². The number of nitrogens with zero attached hydrogens (tertiary/aromatic N) is 4. The van der Waals surface area contributed by atoms with E-state index in [0.29, 0.717) is 5.02 Å². The first-order valence-corrected chi connectivity index (χ1v) is 13.6. The number of rotatable bonds is 8. The lowest BCUT2D eigenvalue weighted by atomic mass is 9.96. The lowest BCUT2D eigenvalue weighted by molar-refractivity contribution is 0.0365. The smallest absolute Gasteiger partial charge is 0.170 e. The Labute approximate surface area is 229 Å². The normalized spacial score (nSPS) is 20.3. The van der Waals surface area contributed by atoms with Gasteiger partial charge in [0.25, 0.3) is 0 Å². The van der Waals surface area contributed by atoms with Crippen LogP contribution < -0.4 is 10.1 Å². The molecule has 9 heteroatoms. The van der Waals surface area contributed by atoms with E-state index in [9.17, 15) is 0 Å². The average molecular weight is 540 g/mol. The van der Waals surface area contributed by atoms with Gasteiger partial charge in [-0.15, -0.1) is 0 Å². The molecule has 2 saturated heterocycles. The Morgan fingerprint density at radius 2 is 1.95 bits per heavy atom. The summed E-state index contributed by atoms with van der Waals surface area (Å²) >= 11 is 12.3. The van der Waals surface area contributed by atoms with Gasteiger partial charge in [0.15, 0.2) is 5.11 Å². The summed E-state index contributed by atoms with van der Waals surface area (Å²) in [6.45, 7) is 9.78. The maximum absolute atomic E-state index is 6.40. The van der Waals surface area contributed by atoms with Crippen molar-refractivity contribution in [1.29, 1.82) is 0 Å². The Hall–Kier alpha value is -2.65. The molecule has 2 aliphatic heterocycles. The van der Waals surface area contributed by atoms with Gasteiger partial charge in [-0.2, -0.15) is 0 Å². The van der Waals surface area contributed by atoms with Crippen molar-refractivity contribution < 1.29 is 9.47 Å². The zero-order valence-corrected chi connectivity index (χ0v) is 23.2. The Morgan fingerprint density at radius 3 is 2.68 bits per heavy atom. The SMILES string of the molecule is COc1ccc(Cl)cc1-n1c(C)cc(C2C(c3ccccn3)NC(=S)N2CCCN2CCOCC2)c1C. The molecule has 2 aliphatic rings. The lowest BCUT2D eigenvalue weighted by Crippen LogP contribution is -2.39. The summed E-state index contributed by atoms with van der Waals surface area (Å²) in [5.74, 6) is 0.779. The van der Waals surface area contributed by atoms with E-state index in [0.717, 1.165) is 79.4 Å². The summed E-state index contributed by atoms with van der Waals surface area (Å²) < 4.78 is 13.4. The van der Waals surface area contributed by atoms with Gasteiger partial charge in [-0.3, -0.25) is 9.88 Å². The molecule has 0 saturated carbocycles. The zero-order valence-electron chi connectivity index (χ0n) is 21.6. The monoisotopic (exact) mass is 539 g/mol. The van der Waals surface area contributed by atoms with Crippen molar-refractivity contribution in [1.82, 2.24) is 24.7 Å². The minimum absolute atomic E-state index is 0.0113. The van der Waals surface area contributed by atoms with Crippen LogP contribution in [0.25, 0.3) is 5.69 Å². The van der Waals surface area contributed by atoms with Crippen LogP contribution in [0.2, 0.25) is 5.02 Å². The summed E-state index contributed by atoms with van der Waals surface area (Å²) in [6, 6.07) is 14.0. The number of pyridine rings is 1. The second kappa shape index (κ2) is 11.4. The minimum Gasteiger partial charge on any atom is -0.495 e. The van der Waals surface area contributed by atoms with Crippen LogP contribution in [-0.2, 0) is 4.74 Å². The molecule has 0 spiro atoms. The summed E-state index contributed by atoms with van der Waals surface area (Å²) in [5, 5.41) is 5.03. The Kier molecular flexibility index (Phi) is 8.00. The highest BCUT2D eigenvalue weighted by molar-refractivity contribution is 7.80. The molecule has 0 radical (unpaired) electrons. The second-order valence-electron chi connectivity index (χ2n) is 9.61. The Bertz CT molecular complexity index is 1240. The fourth-order valence-electron chi connectivity index (χ4n) is 5.57. The highest BCUT2D eigenvalue weighted by atomic mass is 35.5. The summed E-state index contributed by atoms with van der Waals surface area (Å²) in [5.41, 5.74) is 5.37. The van der Waals surface area contributed by atoms with E-state index >= 15 is 0 Å². The van der Waals surface area contributed by atoms with Crippen LogP contribution in [0, 0.1) is 13.8 Å². The Balaban J connectivity index is 1.51. The van der Waals surface area contributed by atoms with Crippen molar-refractivity contribution in [2.24, 2.45) is 0 Å². The first-order valence-electron chi connectivity index (χ1n) is 12.8. The molecule has 1 aromatic carbocycles. The van der Waals surface area contributed by atoms with Crippen molar-refractivity contribution in [2.45, 2.75) is 32.4 Å². The highest BCUT2D eigenvalue weighted by Crippen LogP contribution is 2.42. The molecule has 2 aromatic heterocycles. The van der Waals surface area contributed by atoms with Gasteiger partial charge in [0.2, 0.25) is 0 Å². The number of aryl methyl sites for hydroxylation is 1. The number of ether oxygens (including phenoxy) is 2. The number of halogens is 1. The van der Waals surface area contributed by atoms with E-state index in [4.69, 9.17) is 38.3 Å². The van der Waals surface area contributed by atoms with Crippen molar-refractivity contribution in [3.63, 3.8) is 0 Å². The van der Waals surface area contributed by atoms with E-state index in [1.54, 1.807) is 7.11 Å². The first-order chi connectivity index (χ1) is 18.0. The van der Waals surface area contributed by atoms with Crippen LogP contribution in [0.15, 0.2) is 48.7 Å². The van der Waals surface area contributed by atoms with Crippen LogP contribution >= 0.6 is 23.8 Å². The summed E-state index contributed by atoms with van der Waals surface area (Å²) in [4.78, 5) is 9.51. The predicted octanol–water partition coefficient (Wildman–Crippen LogP) is 4.85. The van der Waals surface area contributed by atoms with Crippen molar-refractivity contribution in [3.8, 4) is 11.4 Å². The molecule has 0 aliphatic carbocycles. The zero-order chi connectivity index (χ0) is 25.9. The van der Waals surface area contributed by atoms with Gasteiger partial charge < -0.3 is 24.3 Å². The molecule has 37 heavy (non-hydrogen) atoms. The molecular formula is C28H34ClN5O2S. The molecule has 1 N–H and O–H groups in total. The largest absolute Gasteiger partial charge is 0.495 e. The summed E-state index contributed by atoms with van der Waals surface area (Å²) in [6.07, 6.45) is 2.87. The molecule has 3 aromatic rings. The van der Waals surface area contributed by atoms with Crippen molar-refractivity contribution in [3.05, 3.63) is 76.3 Å². The highest BCUT2D eigenvalue weighted by Gasteiger charge is 2.41. The molecular weight excluding hydrogens is 506 g/mol. The van der Waals surface area contributed by atoms with E-state index in [1.165, 1.54) is 5.56 Å². The van der Waals surface area contributed by atoms with E-state index in [-0.39, 0.29) is 12.1 Å². The van der Waals surface area contributed by atoms with E-state index in [1.807, 2.05) is 36.5 Å². The number of hydrogen-bond donors (Lipinski definition) is 1. The third-order valence-corrected chi connectivity index (χ3v) is 7.93. The first kappa shape index (κ1) is 26.0. The third-order valence-electron chi connectivity index (χ3n) is 7.35. The van der Waals surface area contributed by atoms with Crippen molar-refractivity contribution >= 4 is 28.9 Å². The number of nitrogens with one attached hydrogen (secondary N) is 1. The number of hydrogen-bond acceptors (Lipinski definition) is 5. The molecule has 4 heterocycles. The van der Waals surface area contributed by atoms with Gasteiger partial charge in [-0.05, 0) is 74.4 Å². The van der Waals surface area contributed by atoms with Gasteiger partial charge in [0.05, 0.1) is 43.8 Å². The number of aromatic nitrogens is 2. The van der Waals surface area contributed by atoms with Gasteiger partial charge >= 0.3 is 0 Å². The van der Waals surface area contributed by atoms with Gasteiger partial charge in [-0.1, -0.05) is 17.7 Å². The fraction of sp³-hybridized carbons (Fsp3) is 0.429. The molecule has 196 valence electrons. The van der Waals surface area contributed by atoms with Crippen LogP contribution in [0.4, 0.5) is 0 Å². The predicted molar refractivity (Wildman–Crippen MR) is 151 cm³/mol. The molecule has 5 rings (SSSR count). The van der Waals surface area contributed by atoms with Crippen LogP contribution in [0.1, 0.15) is 41.1 Å². The van der Waals surface area contributed by atoms with Crippen LogP contribution in [0.3, 0.4) is 0 Å². The second-order valence-corrected chi connectivity index (χ2v) is 10.4. The van der Waals surface area contributed by atoms with E-state index < -0.39 is 0 Å². The quantitative estimate of drug-likeness (QED) is 0.411. The van der Waals surface area contributed by atoms with Crippen molar-refractivity contribution in [2.75, 3.05) is 46.5 Å². The van der Waals surface area contributed by atoms with Gasteiger partial charge in [0, 0.05) is 48.8 Å². The number of morpholine rings is 1. The Morgan fingerprint density at radius 1 is 1.14 bits per heavy atom. The molecule has 2 atom stereocenters. The number of thiocarbonyl (C=S) groups is 1. The van der Waals surface area contributed by atoms with Gasteiger partial charge in [-0.25, -0.2) is 0 Å².